The van der Waals surface area contributed by atoms with Crippen LogP contribution in [0.15, 0.2) is 0 Å². The molecule has 254 valence electrons. The van der Waals surface area contributed by atoms with Crippen molar-refractivity contribution in [2.45, 2.75) is 150 Å². The van der Waals surface area contributed by atoms with Gasteiger partial charge in [0.25, 0.3) is 0 Å². The van der Waals surface area contributed by atoms with Crippen LogP contribution in [0.25, 0.3) is 0 Å². The Labute approximate surface area is 251 Å². The van der Waals surface area contributed by atoms with Crippen molar-refractivity contribution in [3.05, 3.63) is 0 Å². The third-order valence-corrected chi connectivity index (χ3v) is 9.21. The molecule has 0 aromatic carbocycles. The molecule has 0 radical (unpaired) electrons. The van der Waals surface area contributed by atoms with E-state index >= 15 is 0 Å². The number of rotatable bonds is 13. The summed E-state index contributed by atoms with van der Waals surface area (Å²) in [6, 6.07) is -3.99. The highest BCUT2D eigenvalue weighted by atomic mass is 16.7. The molecule has 3 rings (SSSR count). The summed E-state index contributed by atoms with van der Waals surface area (Å²) in [5.41, 5.74) is 13.0. The van der Waals surface area contributed by atoms with E-state index in [9.17, 15) is 40.9 Å². The summed E-state index contributed by atoms with van der Waals surface area (Å²) >= 11 is 0. The van der Waals surface area contributed by atoms with E-state index in [1.54, 1.807) is 0 Å². The van der Waals surface area contributed by atoms with Crippen molar-refractivity contribution in [2.24, 2.45) is 17.2 Å². The highest BCUT2D eigenvalue weighted by molar-refractivity contribution is 5.20. The molecule has 0 saturated carbocycles. The Bertz CT molecular complexity index is 866. The molecular weight excluding hydrogens is 574 g/mol. The molecule has 16 heteroatoms. The van der Waals surface area contributed by atoms with Crippen molar-refractivity contribution >= 4 is 0 Å². The van der Waals surface area contributed by atoms with Crippen LogP contribution in [-0.2, 0) is 23.7 Å². The average molecular weight is 628 g/mol. The van der Waals surface area contributed by atoms with Gasteiger partial charge in [0.15, 0.2) is 18.9 Å². The summed E-state index contributed by atoms with van der Waals surface area (Å²) in [5.74, 6) is 0. The van der Waals surface area contributed by atoms with E-state index in [2.05, 4.69) is 0 Å². The van der Waals surface area contributed by atoms with E-state index in [-0.39, 0.29) is 19.3 Å². The maximum Gasteiger partial charge on any atom is 0.177 e. The lowest BCUT2D eigenvalue weighted by atomic mass is 9.60. The normalized spacial score (nSPS) is 49.3. The highest BCUT2D eigenvalue weighted by Gasteiger charge is 2.70. The van der Waals surface area contributed by atoms with Gasteiger partial charge in [-0.2, -0.15) is 0 Å². The fraction of sp³-hybridized carbons (Fsp3) is 1.00. The lowest BCUT2D eigenvalue weighted by molar-refractivity contribution is -0.398. The van der Waals surface area contributed by atoms with Crippen molar-refractivity contribution in [1.82, 2.24) is 0 Å². The number of aliphatic hydroxyl groups excluding tert-OH is 6. The Morgan fingerprint density at radius 1 is 0.698 bits per heavy atom. The van der Waals surface area contributed by atoms with Crippen LogP contribution >= 0.6 is 0 Å². The van der Waals surface area contributed by atoms with E-state index in [1.807, 2.05) is 20.8 Å². The van der Waals surface area contributed by atoms with Gasteiger partial charge in [-0.25, -0.2) is 0 Å². The Balaban J connectivity index is 1.90. The zero-order chi connectivity index (χ0) is 32.3. The van der Waals surface area contributed by atoms with Crippen LogP contribution in [0.2, 0.25) is 0 Å². The molecule has 16 nitrogen and oxygen atoms in total. The molecule has 3 fully saturated rings. The smallest absolute Gasteiger partial charge is 0.177 e. The minimum Gasteiger partial charge on any atom is -0.394 e. The molecule has 0 aromatic rings. The zero-order valence-corrected chi connectivity index (χ0v) is 25.1. The van der Waals surface area contributed by atoms with Crippen LogP contribution < -0.4 is 17.2 Å². The van der Waals surface area contributed by atoms with E-state index in [0.29, 0.717) is 19.3 Å². The summed E-state index contributed by atoms with van der Waals surface area (Å²) in [4.78, 5) is 0. The van der Waals surface area contributed by atoms with Crippen molar-refractivity contribution < 1.29 is 64.5 Å². The Morgan fingerprint density at radius 2 is 1.21 bits per heavy atom. The summed E-state index contributed by atoms with van der Waals surface area (Å²) < 4.78 is 29.2. The predicted octanol–water partition coefficient (Wildman–Crippen LogP) is -4.16. The molecule has 0 bridgehead atoms. The monoisotopic (exact) mass is 627 g/mol. The maximum atomic E-state index is 12.0. The Hall–Kier alpha value is -0.640. The van der Waals surface area contributed by atoms with Gasteiger partial charge in [-0.3, -0.25) is 0 Å². The second-order valence-electron chi connectivity index (χ2n) is 12.0. The van der Waals surface area contributed by atoms with E-state index in [0.717, 1.165) is 0 Å². The quantitative estimate of drug-likeness (QED) is 0.0923. The van der Waals surface area contributed by atoms with Gasteiger partial charge in [0.05, 0.1) is 37.9 Å². The molecule has 0 aromatic heterocycles. The topological polar surface area (TPSA) is 286 Å². The number of ether oxygens (including phenoxy) is 5. The number of nitrogens with two attached hydrogens (primary N) is 3. The van der Waals surface area contributed by atoms with Crippen molar-refractivity contribution in [3.63, 3.8) is 0 Å². The third-order valence-electron chi connectivity index (χ3n) is 9.21. The van der Waals surface area contributed by atoms with Crippen molar-refractivity contribution in [3.8, 4) is 0 Å². The van der Waals surface area contributed by atoms with Gasteiger partial charge in [-0.1, -0.05) is 40.0 Å². The van der Waals surface area contributed by atoms with Gasteiger partial charge in [-0.15, -0.1) is 0 Å². The molecule has 3 heterocycles. The first-order valence-electron chi connectivity index (χ1n) is 15.1. The fourth-order valence-electron chi connectivity index (χ4n) is 6.84. The Morgan fingerprint density at radius 3 is 1.72 bits per heavy atom. The second kappa shape index (κ2) is 14.8. The SMILES string of the molecule is CCC[C@]1(CO)O[C@H](OC2[C@@H](CO)O[C@@H](OC3[C@@H](CO)O[C@@H](O)[C@H](N)[C@H]3O)[C@H](N)[C@H]2O)[C@H](N)[C@](O)(CCC)[C@@]1(O)CCC. The van der Waals surface area contributed by atoms with Crippen LogP contribution in [0, 0.1) is 0 Å². The first-order chi connectivity index (χ1) is 20.3. The lowest BCUT2D eigenvalue weighted by Gasteiger charge is -2.62. The van der Waals surface area contributed by atoms with Crippen molar-refractivity contribution in [1.29, 1.82) is 0 Å². The molecular formula is C27H53N3O13. The Kier molecular flexibility index (Phi) is 12.7. The summed E-state index contributed by atoms with van der Waals surface area (Å²) in [5, 5.41) is 86.3. The van der Waals surface area contributed by atoms with E-state index in [4.69, 9.17) is 40.9 Å². The maximum absolute atomic E-state index is 12.0. The first kappa shape index (κ1) is 36.8. The van der Waals surface area contributed by atoms with Crippen molar-refractivity contribution in [2.75, 3.05) is 19.8 Å². The molecule has 14 N–H and O–H groups in total. The van der Waals surface area contributed by atoms with Crippen LogP contribution in [0.5, 0.6) is 0 Å². The highest BCUT2D eigenvalue weighted by Crippen LogP contribution is 2.51. The third kappa shape index (κ3) is 6.49. The minimum absolute atomic E-state index is 0.0522. The number of hydrogen-bond donors (Lipinski definition) is 11. The number of aliphatic hydroxyl groups is 8. The zero-order valence-electron chi connectivity index (χ0n) is 25.1. The summed E-state index contributed by atoms with van der Waals surface area (Å²) in [6.45, 7) is 3.45. The number of hydrogen-bond acceptors (Lipinski definition) is 16. The van der Waals surface area contributed by atoms with Gasteiger partial charge in [0, 0.05) is 0 Å². The van der Waals surface area contributed by atoms with Crippen LogP contribution in [0.1, 0.15) is 59.3 Å². The van der Waals surface area contributed by atoms with E-state index in [1.165, 1.54) is 0 Å². The minimum atomic E-state index is -1.97. The molecule has 43 heavy (non-hydrogen) atoms. The molecule has 0 aliphatic carbocycles. The molecule has 0 spiro atoms. The van der Waals surface area contributed by atoms with Crippen LogP contribution in [0.4, 0.5) is 0 Å². The second-order valence-corrected chi connectivity index (χ2v) is 12.0. The fourth-order valence-corrected chi connectivity index (χ4v) is 6.84. The summed E-state index contributed by atoms with van der Waals surface area (Å²) in [7, 11) is 0. The van der Waals surface area contributed by atoms with Gasteiger partial charge in [0.2, 0.25) is 0 Å². The van der Waals surface area contributed by atoms with Gasteiger partial charge >= 0.3 is 0 Å². The average Bonchev–Trinajstić information content (AvgIpc) is 2.98. The van der Waals surface area contributed by atoms with E-state index < -0.39 is 110 Å². The molecule has 3 saturated heterocycles. The predicted molar refractivity (Wildman–Crippen MR) is 149 cm³/mol. The summed E-state index contributed by atoms with van der Waals surface area (Å²) in [6.07, 6.45) is -11.2. The molecule has 3 aliphatic heterocycles. The lowest BCUT2D eigenvalue weighted by Crippen LogP contribution is -2.82. The van der Waals surface area contributed by atoms with Gasteiger partial charge in [0.1, 0.15) is 53.4 Å². The molecule has 2 unspecified atom stereocenters. The van der Waals surface area contributed by atoms with Gasteiger partial charge in [-0.05, 0) is 19.3 Å². The molecule has 3 aliphatic rings. The van der Waals surface area contributed by atoms with Crippen LogP contribution in [0.3, 0.4) is 0 Å². The molecule has 0 amide bonds. The van der Waals surface area contributed by atoms with Crippen LogP contribution in [-0.4, -0.2) is 151 Å². The largest absolute Gasteiger partial charge is 0.394 e. The standard InChI is InChI=1S/C27H53N3O13/c1-4-7-25(12-33)27(38,9-6-3)26(37,8-5-2)21(30)24(43-25)42-20-14(11-32)40-23(16(29)18(20)35)41-19-13(10-31)39-22(36)15(28)17(19)34/h13-24,31-38H,4-12,28-30H2,1-3H3/t13-,14-,15-,16-,17-,18-,19?,20?,21+,22-,23+,24+,25-,26-,27-/m1/s1. The van der Waals surface area contributed by atoms with Gasteiger partial charge < -0.3 is 81.7 Å². The molecule has 15 atom stereocenters. The first-order valence-corrected chi connectivity index (χ1v) is 15.1.